The number of rotatable bonds is 9. The van der Waals surface area contributed by atoms with Crippen molar-refractivity contribution in [2.24, 2.45) is 0 Å². The minimum Gasteiger partial charge on any atom is -0.490 e. The van der Waals surface area contributed by atoms with E-state index in [0.717, 1.165) is 43.7 Å². The van der Waals surface area contributed by atoms with Crippen LogP contribution in [0, 0.1) is 0 Å². The van der Waals surface area contributed by atoms with Crippen molar-refractivity contribution in [1.82, 2.24) is 9.80 Å². The molecule has 0 unspecified atom stereocenters. The summed E-state index contributed by atoms with van der Waals surface area (Å²) in [5.41, 5.74) is 1.08. The zero-order chi connectivity index (χ0) is 26.7. The fraction of sp³-hybridized carbons (Fsp3) is 0.462. The van der Waals surface area contributed by atoms with Gasteiger partial charge in [-0.05, 0) is 29.8 Å². The Morgan fingerprint density at radius 1 is 1.14 bits per heavy atom. The molecule has 0 saturated carbocycles. The van der Waals surface area contributed by atoms with Crippen molar-refractivity contribution in [3.05, 3.63) is 51.5 Å². The summed E-state index contributed by atoms with van der Waals surface area (Å²) in [7, 11) is 3.18. The maximum atomic E-state index is 12.6. The van der Waals surface area contributed by atoms with E-state index in [1.54, 1.807) is 14.1 Å². The van der Waals surface area contributed by atoms with Crippen molar-refractivity contribution < 1.29 is 34.0 Å². The number of hydrogen-bond acceptors (Lipinski definition) is 7. The highest BCUT2D eigenvalue weighted by Crippen LogP contribution is 2.42. The van der Waals surface area contributed by atoms with Crippen LogP contribution in [0.3, 0.4) is 0 Å². The highest BCUT2D eigenvalue weighted by molar-refractivity contribution is 6.32. The molecule has 2 N–H and O–H groups in total. The van der Waals surface area contributed by atoms with Crippen molar-refractivity contribution in [2.45, 2.75) is 31.0 Å². The molecule has 1 amide bonds. The molecular formula is C26H30Cl2N2O7. The van der Waals surface area contributed by atoms with Crippen LogP contribution in [-0.4, -0.2) is 90.5 Å². The Bertz CT molecular complexity index is 1170. The molecule has 1 fully saturated rings. The molecule has 2 aliphatic rings. The number of nitrogens with zero attached hydrogens (tertiary/aromatic N) is 2. The number of β-amino-alcohol motifs (C(OH)–C–C–N with tert-alkyl or cyclic N) is 1. The van der Waals surface area contributed by atoms with Gasteiger partial charge in [-0.25, -0.2) is 4.79 Å². The largest absolute Gasteiger partial charge is 0.490 e. The van der Waals surface area contributed by atoms with Crippen LogP contribution >= 0.6 is 23.2 Å². The molecule has 37 heavy (non-hydrogen) atoms. The average Bonchev–Trinajstić information content (AvgIpc) is 3.20. The van der Waals surface area contributed by atoms with Crippen molar-refractivity contribution in [1.29, 1.82) is 0 Å². The van der Waals surface area contributed by atoms with Crippen LogP contribution in [0.4, 0.5) is 0 Å². The summed E-state index contributed by atoms with van der Waals surface area (Å²) in [5, 5.41) is 20.4. The Morgan fingerprint density at radius 3 is 2.54 bits per heavy atom. The second-order valence-electron chi connectivity index (χ2n) is 9.64. The fourth-order valence-corrected chi connectivity index (χ4v) is 5.09. The van der Waals surface area contributed by atoms with Gasteiger partial charge in [-0.15, -0.1) is 0 Å². The van der Waals surface area contributed by atoms with E-state index in [-0.39, 0.29) is 40.2 Å². The van der Waals surface area contributed by atoms with E-state index >= 15 is 0 Å². The van der Waals surface area contributed by atoms with E-state index in [1.807, 2.05) is 18.2 Å². The van der Waals surface area contributed by atoms with Gasteiger partial charge in [0, 0.05) is 64.1 Å². The number of aliphatic hydroxyl groups excluding tert-OH is 1. The van der Waals surface area contributed by atoms with Crippen LogP contribution in [0.15, 0.2) is 30.3 Å². The quantitative estimate of drug-likeness (QED) is 0.487. The lowest BCUT2D eigenvalue weighted by molar-refractivity contribution is -0.139. The lowest BCUT2D eigenvalue weighted by Gasteiger charge is -2.39. The Kier molecular flexibility index (Phi) is 8.38. The molecule has 0 bridgehead atoms. The van der Waals surface area contributed by atoms with Gasteiger partial charge in [-0.3, -0.25) is 4.79 Å². The monoisotopic (exact) mass is 552 g/mol. The number of aliphatic hydroxyl groups is 1. The van der Waals surface area contributed by atoms with Crippen LogP contribution in [0.25, 0.3) is 0 Å². The summed E-state index contributed by atoms with van der Waals surface area (Å²) in [4.78, 5) is 27.1. The summed E-state index contributed by atoms with van der Waals surface area (Å²) in [6.45, 7) is 1.24. The molecule has 0 radical (unpaired) electrons. The molecule has 1 atom stereocenters. The van der Waals surface area contributed by atoms with Crippen molar-refractivity contribution in [2.75, 3.05) is 46.9 Å². The third-order valence-corrected chi connectivity index (χ3v) is 7.08. The molecule has 2 aromatic carbocycles. The molecule has 1 saturated heterocycles. The first-order valence-electron chi connectivity index (χ1n) is 12.0. The van der Waals surface area contributed by atoms with Crippen molar-refractivity contribution in [3.8, 4) is 17.2 Å². The van der Waals surface area contributed by atoms with E-state index in [2.05, 4.69) is 4.90 Å². The first-order chi connectivity index (χ1) is 17.5. The van der Waals surface area contributed by atoms with Gasteiger partial charge < -0.3 is 34.2 Å². The number of carboxylic acids is 1. The third kappa shape index (κ3) is 6.59. The molecule has 0 aromatic heterocycles. The van der Waals surface area contributed by atoms with Crippen molar-refractivity contribution >= 4 is 35.1 Å². The van der Waals surface area contributed by atoms with Gasteiger partial charge in [-0.2, -0.15) is 0 Å². The van der Waals surface area contributed by atoms with Crippen LogP contribution in [0.1, 0.15) is 28.8 Å². The number of aliphatic carboxylic acids is 1. The highest BCUT2D eigenvalue weighted by Gasteiger charge is 2.42. The highest BCUT2D eigenvalue weighted by atomic mass is 35.5. The predicted molar refractivity (Wildman–Crippen MR) is 138 cm³/mol. The SMILES string of the molecule is CN(C)C(=O)c1cc(Cl)c(OCC(=O)O)cc1OC[C@@H](O)CN1CCC2(CC1)Cc1cc(Cl)ccc1O2. The molecule has 1 spiro atoms. The fourth-order valence-electron chi connectivity index (χ4n) is 4.67. The molecule has 2 heterocycles. The molecule has 2 aliphatic heterocycles. The first-order valence-corrected chi connectivity index (χ1v) is 12.7. The summed E-state index contributed by atoms with van der Waals surface area (Å²) in [6, 6.07) is 8.47. The Morgan fingerprint density at radius 2 is 1.86 bits per heavy atom. The van der Waals surface area contributed by atoms with Gasteiger partial charge in [0.25, 0.3) is 5.91 Å². The molecule has 4 rings (SSSR count). The number of carbonyl (C=O) groups excluding carboxylic acids is 1. The minimum absolute atomic E-state index is 0.0732. The molecule has 0 aliphatic carbocycles. The summed E-state index contributed by atoms with van der Waals surface area (Å²) < 4.78 is 17.3. The molecule has 2 aromatic rings. The van der Waals surface area contributed by atoms with Gasteiger partial charge in [0.2, 0.25) is 0 Å². The predicted octanol–water partition coefficient (Wildman–Crippen LogP) is 3.37. The third-order valence-electron chi connectivity index (χ3n) is 6.55. The topological polar surface area (TPSA) is 109 Å². The number of likely N-dealkylation sites (tertiary alicyclic amines) is 1. The number of ether oxygens (including phenoxy) is 3. The van der Waals surface area contributed by atoms with Crippen LogP contribution < -0.4 is 14.2 Å². The second kappa shape index (κ2) is 11.3. The molecular weight excluding hydrogens is 523 g/mol. The number of amides is 1. The van der Waals surface area contributed by atoms with Gasteiger partial charge in [0.15, 0.2) is 6.61 Å². The number of carboxylic acid groups (broad SMARTS) is 1. The lowest BCUT2D eigenvalue weighted by Crippen LogP contribution is -2.49. The second-order valence-corrected chi connectivity index (χ2v) is 10.5. The molecule has 11 heteroatoms. The summed E-state index contributed by atoms with van der Waals surface area (Å²) >= 11 is 12.3. The maximum Gasteiger partial charge on any atom is 0.341 e. The van der Waals surface area contributed by atoms with Gasteiger partial charge in [-0.1, -0.05) is 23.2 Å². The van der Waals surface area contributed by atoms with E-state index in [4.69, 9.17) is 42.5 Å². The van der Waals surface area contributed by atoms with E-state index in [1.165, 1.54) is 17.0 Å². The van der Waals surface area contributed by atoms with E-state index in [9.17, 15) is 14.7 Å². The smallest absolute Gasteiger partial charge is 0.341 e. The summed E-state index contributed by atoms with van der Waals surface area (Å²) in [6.07, 6.45) is 1.66. The van der Waals surface area contributed by atoms with E-state index < -0.39 is 18.7 Å². The molecule has 200 valence electrons. The minimum atomic E-state index is -1.17. The number of fused-ring (bicyclic) bond motifs is 1. The zero-order valence-electron chi connectivity index (χ0n) is 20.7. The van der Waals surface area contributed by atoms with Gasteiger partial charge in [0.05, 0.1) is 10.6 Å². The Labute approximate surface area is 225 Å². The normalized spacial score (nSPS) is 17.1. The number of halogens is 2. The van der Waals surface area contributed by atoms with Crippen molar-refractivity contribution in [3.63, 3.8) is 0 Å². The molecule has 9 nitrogen and oxygen atoms in total. The summed E-state index contributed by atoms with van der Waals surface area (Å²) in [5.74, 6) is -0.401. The zero-order valence-corrected chi connectivity index (χ0v) is 22.2. The Balaban J connectivity index is 1.34. The number of hydrogen-bond donors (Lipinski definition) is 2. The van der Waals surface area contributed by atoms with Crippen LogP contribution in [-0.2, 0) is 11.2 Å². The van der Waals surface area contributed by atoms with E-state index in [0.29, 0.717) is 11.6 Å². The standard InChI is InChI=1S/C26H30Cl2N2O7/c1-29(2)25(34)19-10-20(28)23(36-15-24(32)33)11-22(19)35-14-18(31)13-30-7-5-26(6-8-30)12-16-9-17(27)3-4-21(16)37-26/h3-4,9-11,18,31H,5-8,12-15H2,1-2H3,(H,32,33)/t18-/m0/s1. The number of piperidine rings is 1. The first kappa shape index (κ1) is 27.3. The van der Waals surface area contributed by atoms with Crippen LogP contribution in [0.5, 0.6) is 17.2 Å². The maximum absolute atomic E-state index is 12.6. The van der Waals surface area contributed by atoms with Gasteiger partial charge >= 0.3 is 5.97 Å². The number of carbonyl (C=O) groups is 2. The number of benzene rings is 2. The lowest BCUT2D eigenvalue weighted by atomic mass is 9.87. The average molecular weight is 553 g/mol. The Hall–Kier alpha value is -2.72. The van der Waals surface area contributed by atoms with Crippen LogP contribution in [0.2, 0.25) is 10.0 Å². The van der Waals surface area contributed by atoms with Gasteiger partial charge in [0.1, 0.15) is 35.6 Å².